The summed E-state index contributed by atoms with van der Waals surface area (Å²) in [4.78, 5) is 7.07. The maximum absolute atomic E-state index is 10.4. The Morgan fingerprint density at radius 3 is 2.00 bits per heavy atom. The van der Waals surface area contributed by atoms with Gasteiger partial charge < -0.3 is 24.7 Å². The Labute approximate surface area is 158 Å². The molecular weight excluding hydrogens is 344 g/mol. The van der Waals surface area contributed by atoms with Gasteiger partial charge in [-0.3, -0.25) is 0 Å². The summed E-state index contributed by atoms with van der Waals surface area (Å²) in [5.74, 6) is 0. The minimum absolute atomic E-state index is 0.294. The topological polar surface area (TPSA) is 87.6 Å². The number of H-pyrrole nitrogens is 1. The summed E-state index contributed by atoms with van der Waals surface area (Å²) in [5.41, 5.74) is 2.65. The number of imidazole rings is 1. The number of hydrogen-bond acceptors (Lipinski definition) is 5. The molecular formula is C21H24N2O4. The summed E-state index contributed by atoms with van der Waals surface area (Å²) in [5, 5.41) is 19.9. The number of nitrogens with zero attached hydrogens (tertiary/aromatic N) is 1. The third kappa shape index (κ3) is 5.48. The van der Waals surface area contributed by atoms with Crippen molar-refractivity contribution in [3.8, 4) is 0 Å². The molecule has 1 heterocycles. The first-order chi connectivity index (χ1) is 13.3. The molecule has 0 aliphatic carbocycles. The molecule has 0 fully saturated rings. The van der Waals surface area contributed by atoms with Crippen molar-refractivity contribution in [1.29, 1.82) is 0 Å². The van der Waals surface area contributed by atoms with Crippen LogP contribution in [0.1, 0.15) is 22.9 Å². The van der Waals surface area contributed by atoms with Crippen LogP contribution >= 0.6 is 0 Å². The zero-order valence-corrected chi connectivity index (χ0v) is 14.9. The molecule has 142 valence electrons. The highest BCUT2D eigenvalue weighted by Crippen LogP contribution is 2.26. The number of aliphatic hydroxyl groups excluding tert-OH is 2. The molecule has 27 heavy (non-hydrogen) atoms. The number of aromatic amines is 1. The van der Waals surface area contributed by atoms with Crippen LogP contribution in [-0.2, 0) is 22.7 Å². The Hall–Kier alpha value is -2.51. The number of aliphatic hydroxyl groups is 2. The van der Waals surface area contributed by atoms with Crippen LogP contribution in [0.4, 0.5) is 0 Å². The lowest BCUT2D eigenvalue weighted by Gasteiger charge is -2.29. The SMILES string of the molecule is OC[C@H](O)[C@H](OCc1ccccc1)[C@H](OCc1ccccc1)c1cnc[nH]1. The molecule has 3 N–H and O–H groups in total. The maximum atomic E-state index is 10.4. The molecule has 0 saturated heterocycles. The maximum Gasteiger partial charge on any atom is 0.128 e. The van der Waals surface area contributed by atoms with E-state index in [2.05, 4.69) is 9.97 Å². The number of rotatable bonds is 10. The van der Waals surface area contributed by atoms with Crippen LogP contribution in [0.3, 0.4) is 0 Å². The van der Waals surface area contributed by atoms with E-state index in [9.17, 15) is 10.2 Å². The lowest BCUT2D eigenvalue weighted by atomic mass is 10.1. The van der Waals surface area contributed by atoms with Crippen molar-refractivity contribution in [3.63, 3.8) is 0 Å². The van der Waals surface area contributed by atoms with Crippen LogP contribution in [-0.4, -0.2) is 39.0 Å². The molecule has 2 aromatic carbocycles. The van der Waals surface area contributed by atoms with Crippen molar-refractivity contribution in [2.45, 2.75) is 31.5 Å². The average Bonchev–Trinajstić information content (AvgIpc) is 3.26. The number of aromatic nitrogens is 2. The minimum atomic E-state index is -1.10. The van der Waals surface area contributed by atoms with E-state index < -0.39 is 24.9 Å². The Kier molecular flexibility index (Phi) is 7.12. The van der Waals surface area contributed by atoms with Gasteiger partial charge in [0.25, 0.3) is 0 Å². The van der Waals surface area contributed by atoms with Crippen molar-refractivity contribution in [3.05, 3.63) is 90.0 Å². The lowest BCUT2D eigenvalue weighted by molar-refractivity contribution is -0.144. The second-order valence-electron chi connectivity index (χ2n) is 6.24. The molecule has 6 nitrogen and oxygen atoms in total. The average molecular weight is 368 g/mol. The fourth-order valence-electron chi connectivity index (χ4n) is 2.81. The van der Waals surface area contributed by atoms with Gasteiger partial charge in [-0.25, -0.2) is 4.98 Å². The fourth-order valence-corrected chi connectivity index (χ4v) is 2.81. The van der Waals surface area contributed by atoms with Crippen LogP contribution in [0.25, 0.3) is 0 Å². The number of benzene rings is 2. The predicted molar refractivity (Wildman–Crippen MR) is 101 cm³/mol. The zero-order chi connectivity index (χ0) is 18.9. The first-order valence-corrected chi connectivity index (χ1v) is 8.86. The molecule has 0 aliphatic heterocycles. The fraction of sp³-hybridized carbons (Fsp3) is 0.286. The van der Waals surface area contributed by atoms with Crippen molar-refractivity contribution in [2.75, 3.05) is 6.61 Å². The second kappa shape index (κ2) is 9.99. The molecule has 3 atom stereocenters. The first-order valence-electron chi connectivity index (χ1n) is 8.86. The molecule has 0 unspecified atom stereocenters. The van der Waals surface area contributed by atoms with Gasteiger partial charge >= 0.3 is 0 Å². The molecule has 3 rings (SSSR count). The summed E-state index contributed by atoms with van der Waals surface area (Å²) in [6.45, 7) is 0.203. The molecule has 0 aliphatic rings. The molecule has 6 heteroatoms. The molecule has 0 amide bonds. The van der Waals surface area contributed by atoms with Gasteiger partial charge in [0, 0.05) is 0 Å². The van der Waals surface area contributed by atoms with Gasteiger partial charge in [0.2, 0.25) is 0 Å². The summed E-state index contributed by atoms with van der Waals surface area (Å²) < 4.78 is 12.1. The first kappa shape index (κ1) is 19.3. The van der Waals surface area contributed by atoms with Crippen LogP contribution in [0.5, 0.6) is 0 Å². The van der Waals surface area contributed by atoms with Crippen molar-refractivity contribution < 1.29 is 19.7 Å². The zero-order valence-electron chi connectivity index (χ0n) is 14.9. The molecule has 3 aromatic rings. The lowest BCUT2D eigenvalue weighted by Crippen LogP contribution is -2.38. The number of ether oxygens (including phenoxy) is 2. The van der Waals surface area contributed by atoms with Gasteiger partial charge in [0.1, 0.15) is 18.3 Å². The largest absolute Gasteiger partial charge is 0.394 e. The summed E-state index contributed by atoms with van der Waals surface area (Å²) in [6.07, 6.45) is 0.711. The molecule has 0 saturated carbocycles. The minimum Gasteiger partial charge on any atom is -0.394 e. The highest BCUT2D eigenvalue weighted by Gasteiger charge is 2.32. The third-order valence-corrected chi connectivity index (χ3v) is 4.25. The van der Waals surface area contributed by atoms with E-state index in [0.717, 1.165) is 11.1 Å². The van der Waals surface area contributed by atoms with Crippen LogP contribution < -0.4 is 0 Å². The number of nitrogens with one attached hydrogen (secondary N) is 1. The van der Waals surface area contributed by atoms with Gasteiger partial charge in [-0.05, 0) is 11.1 Å². The Balaban J connectivity index is 1.76. The van der Waals surface area contributed by atoms with Crippen LogP contribution in [0.2, 0.25) is 0 Å². The van der Waals surface area contributed by atoms with Crippen LogP contribution in [0, 0.1) is 0 Å². The van der Waals surface area contributed by atoms with Gasteiger partial charge in [0.15, 0.2) is 0 Å². The highest BCUT2D eigenvalue weighted by molar-refractivity contribution is 5.15. The molecule has 1 aromatic heterocycles. The van der Waals surface area contributed by atoms with Gasteiger partial charge in [-0.2, -0.15) is 0 Å². The van der Waals surface area contributed by atoms with E-state index in [-0.39, 0.29) is 0 Å². The Morgan fingerprint density at radius 2 is 1.48 bits per heavy atom. The van der Waals surface area contributed by atoms with E-state index in [4.69, 9.17) is 9.47 Å². The molecule has 0 bridgehead atoms. The normalized spacial score (nSPS) is 14.6. The van der Waals surface area contributed by atoms with E-state index in [1.165, 1.54) is 0 Å². The van der Waals surface area contributed by atoms with E-state index in [1.807, 2.05) is 60.7 Å². The van der Waals surface area contributed by atoms with Gasteiger partial charge in [-0.15, -0.1) is 0 Å². The van der Waals surface area contributed by atoms with E-state index >= 15 is 0 Å². The van der Waals surface area contributed by atoms with Crippen molar-refractivity contribution in [2.24, 2.45) is 0 Å². The highest BCUT2D eigenvalue weighted by atomic mass is 16.5. The van der Waals surface area contributed by atoms with E-state index in [0.29, 0.717) is 18.9 Å². The Morgan fingerprint density at radius 1 is 0.889 bits per heavy atom. The van der Waals surface area contributed by atoms with Crippen molar-refractivity contribution in [1.82, 2.24) is 9.97 Å². The van der Waals surface area contributed by atoms with Gasteiger partial charge in [0.05, 0.1) is 38.0 Å². The van der Waals surface area contributed by atoms with Crippen molar-refractivity contribution >= 4 is 0 Å². The Bertz CT molecular complexity index is 765. The quantitative estimate of drug-likeness (QED) is 0.512. The van der Waals surface area contributed by atoms with Crippen LogP contribution in [0.15, 0.2) is 73.2 Å². The van der Waals surface area contributed by atoms with Gasteiger partial charge in [-0.1, -0.05) is 60.7 Å². The predicted octanol–water partition coefficient (Wildman–Crippen LogP) is 2.61. The number of hydrogen-bond donors (Lipinski definition) is 3. The standard InChI is InChI=1S/C21H24N2O4/c24-12-19(25)21(27-14-17-9-5-2-6-10-17)20(18-11-22-15-23-18)26-13-16-7-3-1-4-8-16/h1-11,15,19-21,24-25H,12-14H2,(H,22,23)/t19-,20+,21-/m0/s1. The summed E-state index contributed by atoms with van der Waals surface area (Å²) in [7, 11) is 0. The molecule has 0 radical (unpaired) electrons. The third-order valence-electron chi connectivity index (χ3n) is 4.25. The summed E-state index contributed by atoms with van der Waals surface area (Å²) >= 11 is 0. The summed E-state index contributed by atoms with van der Waals surface area (Å²) in [6, 6.07) is 19.4. The second-order valence-corrected chi connectivity index (χ2v) is 6.24. The smallest absolute Gasteiger partial charge is 0.128 e. The monoisotopic (exact) mass is 368 g/mol. The van der Waals surface area contributed by atoms with E-state index in [1.54, 1.807) is 12.5 Å². The molecule has 0 spiro atoms.